The average Bonchev–Trinajstić information content (AvgIpc) is 2.34. The fraction of sp³-hybridized carbons (Fsp3) is 0.429. The average molecular weight is 188 g/mol. The van der Waals surface area contributed by atoms with Gasteiger partial charge in [0.25, 0.3) is 12.2 Å². The third kappa shape index (κ3) is 1.78. The molecular weight excluding hydrogens is 180 g/mol. The fourth-order valence-corrected chi connectivity index (χ4v) is 0.959. The van der Waals surface area contributed by atoms with Gasteiger partial charge in [-0.3, -0.25) is 4.79 Å². The summed E-state index contributed by atoms with van der Waals surface area (Å²) in [6, 6.07) is 0. The van der Waals surface area contributed by atoms with Crippen molar-refractivity contribution in [3.05, 3.63) is 11.5 Å². The van der Waals surface area contributed by atoms with Crippen molar-refractivity contribution in [2.75, 3.05) is 6.61 Å². The van der Waals surface area contributed by atoms with Crippen molar-refractivity contribution in [3.63, 3.8) is 0 Å². The van der Waals surface area contributed by atoms with Crippen LogP contribution in [0.4, 0.5) is 0 Å². The predicted octanol–water partition coefficient (Wildman–Crippen LogP) is -0.763. The maximum Gasteiger partial charge on any atom is 0.378 e. The van der Waals surface area contributed by atoms with Crippen molar-refractivity contribution in [2.24, 2.45) is 0 Å². The van der Waals surface area contributed by atoms with Gasteiger partial charge in [-0.1, -0.05) is 0 Å². The normalized spacial score (nSPS) is 21.6. The Bertz CT molecular complexity index is 256. The summed E-state index contributed by atoms with van der Waals surface area (Å²) in [5.41, 5.74) is 0. The number of esters is 1. The highest BCUT2D eigenvalue weighted by Gasteiger charge is 2.35. The minimum atomic E-state index is -0.910. The molecule has 0 aliphatic carbocycles. The van der Waals surface area contributed by atoms with Gasteiger partial charge in [-0.05, 0) is 0 Å². The first-order valence-corrected chi connectivity index (χ1v) is 3.56. The van der Waals surface area contributed by atoms with Crippen molar-refractivity contribution in [2.45, 2.75) is 12.5 Å². The standard InChI is InChI=1S/C7H8O6/c8-2-1-4-5(10)6(12-3-9)7(11)13-4/h3-4,8,10H,1-2H2. The van der Waals surface area contributed by atoms with Crippen LogP contribution >= 0.6 is 0 Å². The fourth-order valence-electron chi connectivity index (χ4n) is 0.959. The zero-order chi connectivity index (χ0) is 9.84. The number of hydrogen-bond donors (Lipinski definition) is 2. The molecule has 72 valence electrons. The van der Waals surface area contributed by atoms with E-state index < -0.39 is 23.6 Å². The van der Waals surface area contributed by atoms with Crippen LogP contribution in [0, 0.1) is 0 Å². The third-order valence-electron chi connectivity index (χ3n) is 1.53. The predicted molar refractivity (Wildman–Crippen MR) is 38.4 cm³/mol. The Kier molecular flexibility index (Phi) is 2.86. The van der Waals surface area contributed by atoms with Crippen LogP contribution in [0.25, 0.3) is 0 Å². The van der Waals surface area contributed by atoms with Crippen LogP contribution in [0.5, 0.6) is 0 Å². The molecule has 0 saturated carbocycles. The van der Waals surface area contributed by atoms with Gasteiger partial charge in [0.2, 0.25) is 0 Å². The van der Waals surface area contributed by atoms with Crippen LogP contribution in [0.15, 0.2) is 11.5 Å². The zero-order valence-electron chi connectivity index (χ0n) is 6.60. The molecule has 0 fully saturated rings. The second-order valence-corrected chi connectivity index (χ2v) is 2.33. The maximum absolute atomic E-state index is 10.9. The first kappa shape index (κ1) is 9.53. The summed E-state index contributed by atoms with van der Waals surface area (Å²) in [5, 5.41) is 17.7. The summed E-state index contributed by atoms with van der Waals surface area (Å²) in [7, 11) is 0. The lowest BCUT2D eigenvalue weighted by Gasteiger charge is -2.05. The quantitative estimate of drug-likeness (QED) is 0.444. The van der Waals surface area contributed by atoms with E-state index in [1.165, 1.54) is 0 Å². The molecule has 13 heavy (non-hydrogen) atoms. The molecule has 2 N–H and O–H groups in total. The monoisotopic (exact) mass is 188 g/mol. The number of cyclic esters (lactones) is 1. The van der Waals surface area contributed by atoms with Gasteiger partial charge in [0.05, 0.1) is 0 Å². The maximum atomic E-state index is 10.9. The van der Waals surface area contributed by atoms with Gasteiger partial charge in [0.15, 0.2) is 11.9 Å². The first-order chi connectivity index (χ1) is 6.20. The number of ether oxygens (including phenoxy) is 2. The Morgan fingerprint density at radius 2 is 2.31 bits per heavy atom. The second-order valence-electron chi connectivity index (χ2n) is 2.33. The molecule has 1 aliphatic rings. The molecule has 1 heterocycles. The summed E-state index contributed by atoms with van der Waals surface area (Å²) in [5.74, 6) is -1.86. The lowest BCUT2D eigenvalue weighted by molar-refractivity contribution is -0.146. The smallest absolute Gasteiger partial charge is 0.378 e. The lowest BCUT2D eigenvalue weighted by atomic mass is 10.2. The van der Waals surface area contributed by atoms with Crippen LogP contribution in [-0.2, 0) is 19.1 Å². The zero-order valence-corrected chi connectivity index (χ0v) is 6.60. The van der Waals surface area contributed by atoms with Gasteiger partial charge in [-0.15, -0.1) is 0 Å². The van der Waals surface area contributed by atoms with E-state index >= 15 is 0 Å². The Balaban J connectivity index is 2.76. The summed E-state index contributed by atoms with van der Waals surface area (Å²) in [4.78, 5) is 20.7. The Morgan fingerprint density at radius 3 is 2.85 bits per heavy atom. The van der Waals surface area contributed by atoms with Gasteiger partial charge in [0, 0.05) is 13.0 Å². The molecule has 1 aliphatic heterocycles. The second kappa shape index (κ2) is 3.90. The number of aliphatic hydroxyl groups is 2. The summed E-state index contributed by atoms with van der Waals surface area (Å²) in [6.45, 7) is -0.218. The number of hydrogen-bond acceptors (Lipinski definition) is 6. The highest BCUT2D eigenvalue weighted by molar-refractivity contribution is 5.90. The lowest BCUT2D eigenvalue weighted by Crippen LogP contribution is -2.13. The minimum absolute atomic E-state index is 0.0220. The van der Waals surface area contributed by atoms with Crippen LogP contribution < -0.4 is 0 Å². The minimum Gasteiger partial charge on any atom is -0.505 e. The molecule has 0 saturated heterocycles. The van der Waals surface area contributed by atoms with Gasteiger partial charge >= 0.3 is 5.97 Å². The van der Waals surface area contributed by atoms with Crippen molar-refractivity contribution < 1.29 is 29.3 Å². The highest BCUT2D eigenvalue weighted by Crippen LogP contribution is 2.22. The molecule has 0 amide bonds. The molecule has 6 nitrogen and oxygen atoms in total. The van der Waals surface area contributed by atoms with Crippen molar-refractivity contribution in [1.82, 2.24) is 0 Å². The topological polar surface area (TPSA) is 93.1 Å². The van der Waals surface area contributed by atoms with Crippen LogP contribution in [0.2, 0.25) is 0 Å². The third-order valence-corrected chi connectivity index (χ3v) is 1.53. The molecular formula is C7H8O6. The number of carbonyl (C=O) groups excluding carboxylic acids is 2. The van der Waals surface area contributed by atoms with Crippen molar-refractivity contribution >= 4 is 12.4 Å². The Hall–Kier alpha value is -1.56. The van der Waals surface area contributed by atoms with E-state index in [2.05, 4.69) is 9.47 Å². The molecule has 0 aromatic heterocycles. The molecule has 1 atom stereocenters. The van der Waals surface area contributed by atoms with E-state index in [9.17, 15) is 14.7 Å². The Morgan fingerprint density at radius 1 is 1.62 bits per heavy atom. The van der Waals surface area contributed by atoms with Crippen LogP contribution in [0.3, 0.4) is 0 Å². The van der Waals surface area contributed by atoms with E-state index in [1.54, 1.807) is 0 Å². The summed E-state index contributed by atoms with van der Waals surface area (Å²) in [6.07, 6.45) is -0.837. The summed E-state index contributed by atoms with van der Waals surface area (Å²) >= 11 is 0. The molecule has 0 radical (unpaired) electrons. The van der Waals surface area contributed by atoms with E-state index in [0.717, 1.165) is 0 Å². The van der Waals surface area contributed by atoms with Gasteiger partial charge in [-0.25, -0.2) is 4.79 Å². The van der Waals surface area contributed by atoms with Crippen LogP contribution in [0.1, 0.15) is 6.42 Å². The number of rotatable bonds is 4. The molecule has 1 unspecified atom stereocenters. The molecule has 0 spiro atoms. The van der Waals surface area contributed by atoms with Gasteiger partial charge < -0.3 is 19.7 Å². The number of aliphatic hydroxyl groups excluding tert-OH is 2. The van der Waals surface area contributed by atoms with E-state index in [4.69, 9.17) is 5.11 Å². The number of carbonyl (C=O) groups is 2. The first-order valence-electron chi connectivity index (χ1n) is 3.56. The van der Waals surface area contributed by atoms with Crippen LogP contribution in [-0.4, -0.2) is 35.4 Å². The van der Waals surface area contributed by atoms with Crippen molar-refractivity contribution in [3.8, 4) is 0 Å². The molecule has 6 heteroatoms. The highest BCUT2D eigenvalue weighted by atomic mass is 16.6. The SMILES string of the molecule is O=COC1=C(O)C(CCO)OC1=O. The van der Waals surface area contributed by atoms with Gasteiger partial charge in [0.1, 0.15) is 0 Å². The summed E-state index contributed by atoms with van der Waals surface area (Å²) < 4.78 is 8.77. The largest absolute Gasteiger partial charge is 0.505 e. The molecule has 0 aromatic carbocycles. The Labute approximate surface area is 73.4 Å². The van der Waals surface area contributed by atoms with Gasteiger partial charge in [-0.2, -0.15) is 0 Å². The molecule has 0 bridgehead atoms. The van der Waals surface area contributed by atoms with Crippen molar-refractivity contribution in [1.29, 1.82) is 0 Å². The molecule has 0 aromatic rings. The van der Waals surface area contributed by atoms with E-state index in [-0.39, 0.29) is 19.5 Å². The van der Waals surface area contributed by atoms with E-state index in [0.29, 0.717) is 0 Å². The van der Waals surface area contributed by atoms with E-state index in [1.807, 2.05) is 0 Å². The molecule has 1 rings (SSSR count).